The van der Waals surface area contributed by atoms with Crippen LogP contribution in [0.5, 0.6) is 0 Å². The first kappa shape index (κ1) is 17.0. The molecule has 24 heavy (non-hydrogen) atoms. The van der Waals surface area contributed by atoms with Gasteiger partial charge in [0.2, 0.25) is 5.91 Å². The van der Waals surface area contributed by atoms with Gasteiger partial charge in [0.25, 0.3) is 0 Å². The van der Waals surface area contributed by atoms with Crippen LogP contribution in [0.4, 0.5) is 0 Å². The lowest BCUT2D eigenvalue weighted by molar-refractivity contribution is -0.128. The van der Waals surface area contributed by atoms with Gasteiger partial charge in [-0.05, 0) is 40.0 Å². The average molecular weight is 329 g/mol. The molecule has 3 atom stereocenters. The first-order valence-electron chi connectivity index (χ1n) is 8.69. The highest BCUT2D eigenvalue weighted by atomic mass is 16.3. The van der Waals surface area contributed by atoms with Crippen molar-refractivity contribution in [3.05, 3.63) is 36.1 Å². The molecule has 1 N–H and O–H groups in total. The lowest BCUT2D eigenvalue weighted by Crippen LogP contribution is -2.57. The van der Waals surface area contributed by atoms with Gasteiger partial charge in [0.15, 0.2) is 0 Å². The maximum absolute atomic E-state index is 12.7. The van der Waals surface area contributed by atoms with E-state index in [1.54, 1.807) is 0 Å². The van der Waals surface area contributed by atoms with Crippen LogP contribution in [-0.2, 0) is 4.79 Å². The second-order valence-corrected chi connectivity index (χ2v) is 6.94. The molecule has 1 aromatic heterocycles. The van der Waals surface area contributed by atoms with Crippen LogP contribution in [0.3, 0.4) is 0 Å². The number of benzene rings is 1. The lowest BCUT2D eigenvalue weighted by Gasteiger charge is -2.41. The lowest BCUT2D eigenvalue weighted by atomic mass is 10.1. The van der Waals surface area contributed by atoms with Crippen molar-refractivity contribution in [1.82, 2.24) is 15.1 Å². The minimum atomic E-state index is -0.143. The molecule has 1 aromatic carbocycles. The monoisotopic (exact) mass is 329 g/mol. The SMILES string of the molecule is C[C@H](NC(=O)[C@H](C)N1CCN(C)C[C@@H]1C)c1cc2ccccc2o1. The molecule has 5 heteroatoms. The van der Waals surface area contributed by atoms with E-state index in [1.807, 2.05) is 44.2 Å². The zero-order valence-corrected chi connectivity index (χ0v) is 15.0. The Bertz CT molecular complexity index is 678. The summed E-state index contributed by atoms with van der Waals surface area (Å²) in [5.41, 5.74) is 0.856. The quantitative estimate of drug-likeness (QED) is 0.937. The number of carbonyl (C=O) groups is 1. The molecule has 0 unspecified atom stereocenters. The van der Waals surface area contributed by atoms with E-state index in [-0.39, 0.29) is 18.0 Å². The van der Waals surface area contributed by atoms with Crippen molar-refractivity contribution < 1.29 is 9.21 Å². The Labute approximate surface area is 143 Å². The van der Waals surface area contributed by atoms with E-state index >= 15 is 0 Å². The van der Waals surface area contributed by atoms with Crippen LogP contribution >= 0.6 is 0 Å². The molecule has 0 aliphatic carbocycles. The summed E-state index contributed by atoms with van der Waals surface area (Å²) in [5, 5.41) is 4.16. The van der Waals surface area contributed by atoms with E-state index in [0.29, 0.717) is 6.04 Å². The first-order valence-corrected chi connectivity index (χ1v) is 8.69. The molecule has 1 aliphatic heterocycles. The van der Waals surface area contributed by atoms with Crippen LogP contribution < -0.4 is 5.32 Å². The molecule has 2 heterocycles. The topological polar surface area (TPSA) is 48.7 Å². The van der Waals surface area contributed by atoms with Gasteiger partial charge in [-0.3, -0.25) is 9.69 Å². The van der Waals surface area contributed by atoms with Gasteiger partial charge in [-0.1, -0.05) is 18.2 Å². The van der Waals surface area contributed by atoms with E-state index < -0.39 is 0 Å². The third-order valence-electron chi connectivity index (χ3n) is 4.99. The number of hydrogen-bond donors (Lipinski definition) is 1. The fourth-order valence-electron chi connectivity index (χ4n) is 3.50. The molecule has 5 nitrogen and oxygen atoms in total. The zero-order valence-electron chi connectivity index (χ0n) is 15.0. The van der Waals surface area contributed by atoms with Crippen molar-refractivity contribution in [3.63, 3.8) is 0 Å². The number of fused-ring (bicyclic) bond motifs is 1. The fraction of sp³-hybridized carbons (Fsp3) is 0.526. The van der Waals surface area contributed by atoms with Gasteiger partial charge in [0, 0.05) is 31.1 Å². The molecule has 0 radical (unpaired) electrons. The summed E-state index contributed by atoms with van der Waals surface area (Å²) in [5.74, 6) is 0.850. The predicted octanol–water partition coefficient (Wildman–Crippen LogP) is 2.63. The number of piperazine rings is 1. The Morgan fingerprint density at radius 1 is 1.29 bits per heavy atom. The van der Waals surface area contributed by atoms with Crippen LogP contribution in [0.1, 0.15) is 32.6 Å². The van der Waals surface area contributed by atoms with E-state index in [2.05, 4.69) is 29.1 Å². The Morgan fingerprint density at radius 3 is 2.75 bits per heavy atom. The van der Waals surface area contributed by atoms with Crippen molar-refractivity contribution in [3.8, 4) is 0 Å². The summed E-state index contributed by atoms with van der Waals surface area (Å²) in [6.07, 6.45) is 0. The van der Waals surface area contributed by atoms with Crippen molar-refractivity contribution in [2.45, 2.75) is 38.9 Å². The molecule has 130 valence electrons. The van der Waals surface area contributed by atoms with E-state index in [0.717, 1.165) is 36.4 Å². The highest BCUT2D eigenvalue weighted by molar-refractivity contribution is 5.82. The maximum Gasteiger partial charge on any atom is 0.237 e. The second kappa shape index (κ2) is 6.95. The molecule has 0 saturated carbocycles. The summed E-state index contributed by atoms with van der Waals surface area (Å²) >= 11 is 0. The number of furan rings is 1. The van der Waals surface area contributed by atoms with E-state index in [9.17, 15) is 4.79 Å². The fourth-order valence-corrected chi connectivity index (χ4v) is 3.50. The van der Waals surface area contributed by atoms with Crippen molar-refractivity contribution in [1.29, 1.82) is 0 Å². The van der Waals surface area contributed by atoms with Crippen LogP contribution in [0.25, 0.3) is 11.0 Å². The van der Waals surface area contributed by atoms with Crippen molar-refractivity contribution >= 4 is 16.9 Å². The Kier molecular flexibility index (Phi) is 4.92. The molecule has 0 bridgehead atoms. The summed E-state index contributed by atoms with van der Waals surface area (Å²) in [7, 11) is 2.13. The molecular formula is C19H27N3O2. The Morgan fingerprint density at radius 2 is 2.04 bits per heavy atom. The van der Waals surface area contributed by atoms with E-state index in [4.69, 9.17) is 4.42 Å². The average Bonchev–Trinajstić information content (AvgIpc) is 2.98. The molecule has 1 aliphatic rings. The van der Waals surface area contributed by atoms with Gasteiger partial charge in [-0.2, -0.15) is 0 Å². The minimum absolute atomic E-state index is 0.0550. The number of likely N-dealkylation sites (N-methyl/N-ethyl adjacent to an activating group) is 1. The molecule has 0 spiro atoms. The first-order chi connectivity index (χ1) is 11.5. The second-order valence-electron chi connectivity index (χ2n) is 6.94. The minimum Gasteiger partial charge on any atom is -0.459 e. The molecule has 2 aromatic rings. The van der Waals surface area contributed by atoms with Gasteiger partial charge in [-0.15, -0.1) is 0 Å². The highest BCUT2D eigenvalue weighted by Gasteiger charge is 2.30. The van der Waals surface area contributed by atoms with Crippen LogP contribution in [0.2, 0.25) is 0 Å². The number of hydrogen-bond acceptors (Lipinski definition) is 4. The molecule has 1 fully saturated rings. The standard InChI is InChI=1S/C19H27N3O2/c1-13-12-21(4)9-10-22(13)15(3)19(23)20-14(2)18-11-16-7-5-6-8-17(16)24-18/h5-8,11,13-15H,9-10,12H2,1-4H3,(H,20,23)/t13-,14-,15-/m0/s1. The number of nitrogens with zero attached hydrogens (tertiary/aromatic N) is 2. The molecule has 1 amide bonds. The normalized spacial score (nSPS) is 22.4. The largest absolute Gasteiger partial charge is 0.459 e. The van der Waals surface area contributed by atoms with Gasteiger partial charge in [0.1, 0.15) is 11.3 Å². The Hall–Kier alpha value is -1.85. The smallest absolute Gasteiger partial charge is 0.237 e. The molecule has 3 rings (SSSR count). The maximum atomic E-state index is 12.7. The summed E-state index contributed by atoms with van der Waals surface area (Å²) < 4.78 is 5.86. The third kappa shape index (κ3) is 3.47. The van der Waals surface area contributed by atoms with Crippen LogP contribution in [0, 0.1) is 0 Å². The van der Waals surface area contributed by atoms with Gasteiger partial charge in [-0.25, -0.2) is 0 Å². The van der Waals surface area contributed by atoms with Crippen LogP contribution in [0.15, 0.2) is 34.7 Å². The number of para-hydroxylation sites is 1. The van der Waals surface area contributed by atoms with Gasteiger partial charge < -0.3 is 14.6 Å². The van der Waals surface area contributed by atoms with Gasteiger partial charge >= 0.3 is 0 Å². The third-order valence-corrected chi connectivity index (χ3v) is 4.99. The number of nitrogens with one attached hydrogen (secondary N) is 1. The zero-order chi connectivity index (χ0) is 17.3. The summed E-state index contributed by atoms with van der Waals surface area (Å²) in [6, 6.07) is 10.0. The molecule has 1 saturated heterocycles. The molecular weight excluding hydrogens is 302 g/mol. The summed E-state index contributed by atoms with van der Waals surface area (Å²) in [6.45, 7) is 9.06. The van der Waals surface area contributed by atoms with Crippen LogP contribution in [-0.4, -0.2) is 54.5 Å². The number of carbonyl (C=O) groups excluding carboxylic acids is 1. The summed E-state index contributed by atoms with van der Waals surface area (Å²) in [4.78, 5) is 17.2. The Balaban J connectivity index is 1.65. The number of amides is 1. The van der Waals surface area contributed by atoms with E-state index in [1.165, 1.54) is 0 Å². The van der Waals surface area contributed by atoms with Gasteiger partial charge in [0.05, 0.1) is 12.1 Å². The predicted molar refractivity (Wildman–Crippen MR) is 95.9 cm³/mol. The van der Waals surface area contributed by atoms with Crippen molar-refractivity contribution in [2.24, 2.45) is 0 Å². The highest BCUT2D eigenvalue weighted by Crippen LogP contribution is 2.24. The van der Waals surface area contributed by atoms with Crippen molar-refractivity contribution in [2.75, 3.05) is 26.7 Å². The number of rotatable bonds is 4.